The van der Waals surface area contributed by atoms with Crippen LogP contribution in [0.25, 0.3) is 0 Å². The predicted octanol–water partition coefficient (Wildman–Crippen LogP) is -1.49. The number of quaternary nitrogens is 1. The summed E-state index contributed by atoms with van der Waals surface area (Å²) in [6.45, 7) is 1.69. The average Bonchev–Trinajstić information content (AvgIpc) is 3.07. The molecule has 1 aromatic heterocycles. The summed E-state index contributed by atoms with van der Waals surface area (Å²) in [6.07, 6.45) is 2.79. The molecule has 8 nitrogen and oxygen atoms in total. The van der Waals surface area contributed by atoms with E-state index in [0.29, 0.717) is 12.8 Å². The summed E-state index contributed by atoms with van der Waals surface area (Å²) in [7, 11) is 1.39. The van der Waals surface area contributed by atoms with Gasteiger partial charge in [0.2, 0.25) is 0 Å². The Kier molecular flexibility index (Phi) is 5.54. The number of esters is 1. The Balaban J connectivity index is 1.68. The van der Waals surface area contributed by atoms with E-state index in [9.17, 15) is 14.4 Å². The molecule has 0 unspecified atom stereocenters. The van der Waals surface area contributed by atoms with Gasteiger partial charge in [-0.1, -0.05) is 0 Å². The molecule has 0 radical (unpaired) electrons. The van der Waals surface area contributed by atoms with E-state index in [-0.39, 0.29) is 30.1 Å². The second-order valence-electron chi connectivity index (χ2n) is 5.20. The highest BCUT2D eigenvalue weighted by molar-refractivity contribution is 5.92. The Morgan fingerprint density at radius 1 is 1.32 bits per heavy atom. The number of hydrogen-bond donors (Lipinski definition) is 3. The molecule has 2 rings (SSSR count). The number of likely N-dealkylation sites (tertiary alicyclic amines) is 1. The van der Waals surface area contributed by atoms with E-state index in [1.807, 2.05) is 0 Å². The lowest BCUT2D eigenvalue weighted by molar-refractivity contribution is -0.897. The Morgan fingerprint density at radius 3 is 2.64 bits per heavy atom. The highest BCUT2D eigenvalue weighted by Gasteiger charge is 2.29. The van der Waals surface area contributed by atoms with E-state index in [1.165, 1.54) is 19.4 Å². The highest BCUT2D eigenvalue weighted by atomic mass is 16.5. The van der Waals surface area contributed by atoms with Crippen LogP contribution in [-0.4, -0.2) is 44.5 Å². The van der Waals surface area contributed by atoms with Gasteiger partial charge in [0.05, 0.1) is 32.4 Å². The average molecular weight is 310 g/mol. The minimum Gasteiger partial charge on any atom is -0.469 e. The lowest BCUT2D eigenvalue weighted by atomic mass is 9.97. The molecule has 0 atom stereocenters. The molecule has 1 saturated heterocycles. The monoisotopic (exact) mass is 310 g/mol. The number of amides is 2. The van der Waals surface area contributed by atoms with Gasteiger partial charge in [0, 0.05) is 12.8 Å². The van der Waals surface area contributed by atoms with Crippen molar-refractivity contribution >= 4 is 17.8 Å². The van der Waals surface area contributed by atoms with E-state index in [2.05, 4.69) is 10.9 Å². The zero-order valence-electron chi connectivity index (χ0n) is 12.4. The van der Waals surface area contributed by atoms with Crippen LogP contribution in [0.1, 0.15) is 23.4 Å². The van der Waals surface area contributed by atoms with E-state index in [0.717, 1.165) is 18.0 Å². The number of carbonyl (C=O) groups is 3. The maximum atomic E-state index is 11.8. The molecule has 0 aromatic carbocycles. The summed E-state index contributed by atoms with van der Waals surface area (Å²) in [6, 6.07) is 3.09. The molecule has 1 aliphatic heterocycles. The fourth-order valence-electron chi connectivity index (χ4n) is 2.47. The fourth-order valence-corrected chi connectivity index (χ4v) is 2.47. The standard InChI is InChI=1S/C14H19N3O5/c1-21-14(20)10-4-6-17(7-5-10)9-12(18)15-16-13(19)11-3-2-8-22-11/h2-3,8,10H,4-7,9H2,1H3,(H,15,18)(H,16,19)/p+1. The van der Waals surface area contributed by atoms with Crippen molar-refractivity contribution in [2.45, 2.75) is 12.8 Å². The zero-order chi connectivity index (χ0) is 15.9. The first kappa shape index (κ1) is 16.0. The largest absolute Gasteiger partial charge is 0.469 e. The molecule has 3 N–H and O–H groups in total. The van der Waals surface area contributed by atoms with E-state index >= 15 is 0 Å². The third kappa shape index (κ3) is 4.32. The maximum absolute atomic E-state index is 11.8. The number of piperidine rings is 1. The zero-order valence-corrected chi connectivity index (χ0v) is 12.4. The third-order valence-electron chi connectivity index (χ3n) is 3.70. The van der Waals surface area contributed by atoms with E-state index in [4.69, 9.17) is 9.15 Å². The quantitative estimate of drug-likeness (QED) is 0.464. The van der Waals surface area contributed by atoms with Crippen LogP contribution in [0.3, 0.4) is 0 Å². The minimum absolute atomic E-state index is 0.0736. The normalized spacial score (nSPS) is 21.0. The molecule has 0 saturated carbocycles. The van der Waals surface area contributed by atoms with Gasteiger partial charge in [-0.15, -0.1) is 0 Å². The predicted molar refractivity (Wildman–Crippen MR) is 74.6 cm³/mol. The molecule has 1 aliphatic rings. The first-order chi connectivity index (χ1) is 10.6. The van der Waals surface area contributed by atoms with E-state index in [1.54, 1.807) is 6.07 Å². The van der Waals surface area contributed by atoms with Crippen LogP contribution in [0, 0.1) is 5.92 Å². The van der Waals surface area contributed by atoms with Gasteiger partial charge in [-0.3, -0.25) is 25.2 Å². The van der Waals surface area contributed by atoms with Gasteiger partial charge in [-0.25, -0.2) is 0 Å². The summed E-state index contributed by atoms with van der Waals surface area (Å²) < 4.78 is 9.63. The van der Waals surface area contributed by atoms with Crippen LogP contribution in [0.15, 0.2) is 22.8 Å². The van der Waals surface area contributed by atoms with Crippen LogP contribution >= 0.6 is 0 Å². The van der Waals surface area contributed by atoms with Gasteiger partial charge in [-0.2, -0.15) is 0 Å². The van der Waals surface area contributed by atoms with E-state index < -0.39 is 5.91 Å². The Bertz CT molecular complexity index is 521. The van der Waals surface area contributed by atoms with Crippen LogP contribution in [-0.2, 0) is 14.3 Å². The molecule has 1 fully saturated rings. The van der Waals surface area contributed by atoms with Gasteiger partial charge in [-0.05, 0) is 12.1 Å². The first-order valence-electron chi connectivity index (χ1n) is 7.14. The first-order valence-corrected chi connectivity index (χ1v) is 7.14. The van der Waals surface area contributed by atoms with Crippen molar-refractivity contribution in [3.63, 3.8) is 0 Å². The summed E-state index contributed by atoms with van der Waals surface area (Å²) in [5, 5.41) is 0. The van der Waals surface area contributed by atoms with Crippen LogP contribution in [0.4, 0.5) is 0 Å². The molecular formula is C14H20N3O5+. The number of carbonyl (C=O) groups excluding carboxylic acids is 3. The number of hydrogen-bond acceptors (Lipinski definition) is 5. The van der Waals surface area contributed by atoms with Gasteiger partial charge < -0.3 is 14.1 Å². The number of ether oxygens (including phenoxy) is 1. The van der Waals surface area contributed by atoms with Crippen molar-refractivity contribution in [1.82, 2.24) is 10.9 Å². The van der Waals surface area contributed by atoms with Crippen molar-refractivity contribution in [3.8, 4) is 0 Å². The molecule has 22 heavy (non-hydrogen) atoms. The summed E-state index contributed by atoms with van der Waals surface area (Å²) >= 11 is 0. The summed E-state index contributed by atoms with van der Waals surface area (Å²) in [5.74, 6) is -0.916. The lowest BCUT2D eigenvalue weighted by Gasteiger charge is -2.27. The van der Waals surface area contributed by atoms with Crippen molar-refractivity contribution in [3.05, 3.63) is 24.2 Å². The SMILES string of the molecule is COC(=O)C1CC[NH+](CC(=O)NNC(=O)c2ccco2)CC1. The molecule has 0 bridgehead atoms. The third-order valence-corrected chi connectivity index (χ3v) is 3.70. The molecule has 1 aromatic rings. The fraction of sp³-hybridized carbons (Fsp3) is 0.500. The lowest BCUT2D eigenvalue weighted by Crippen LogP contribution is -3.14. The van der Waals surface area contributed by atoms with Crippen molar-refractivity contribution in [2.24, 2.45) is 5.92 Å². The van der Waals surface area contributed by atoms with Gasteiger partial charge in [0.15, 0.2) is 12.3 Å². The summed E-state index contributed by atoms with van der Waals surface area (Å²) in [5.41, 5.74) is 4.64. The molecule has 0 aliphatic carbocycles. The Morgan fingerprint density at radius 2 is 2.05 bits per heavy atom. The topological polar surface area (TPSA) is 102 Å². The molecule has 2 heterocycles. The maximum Gasteiger partial charge on any atom is 0.309 e. The molecule has 2 amide bonds. The van der Waals surface area contributed by atoms with Crippen LogP contribution in [0.2, 0.25) is 0 Å². The van der Waals surface area contributed by atoms with Crippen LogP contribution < -0.4 is 15.8 Å². The minimum atomic E-state index is -0.502. The van der Waals surface area contributed by atoms with Gasteiger partial charge in [0.25, 0.3) is 5.91 Å². The number of nitrogens with one attached hydrogen (secondary N) is 3. The van der Waals surface area contributed by atoms with Crippen LogP contribution in [0.5, 0.6) is 0 Å². The second-order valence-corrected chi connectivity index (χ2v) is 5.20. The molecular weight excluding hydrogens is 290 g/mol. The number of methoxy groups -OCH3 is 1. The number of furan rings is 1. The van der Waals surface area contributed by atoms with Crippen molar-refractivity contribution in [1.29, 1.82) is 0 Å². The van der Waals surface area contributed by atoms with Crippen molar-refractivity contribution < 1.29 is 28.4 Å². The smallest absolute Gasteiger partial charge is 0.309 e. The Hall–Kier alpha value is -2.35. The molecule has 8 heteroatoms. The number of hydrazine groups is 1. The van der Waals surface area contributed by atoms with Gasteiger partial charge >= 0.3 is 11.9 Å². The second kappa shape index (κ2) is 7.60. The Labute approximate surface area is 127 Å². The van der Waals surface area contributed by atoms with Gasteiger partial charge in [0.1, 0.15) is 0 Å². The molecule has 120 valence electrons. The van der Waals surface area contributed by atoms with Crippen molar-refractivity contribution in [2.75, 3.05) is 26.7 Å². The molecule has 0 spiro atoms. The summed E-state index contributed by atoms with van der Waals surface area (Å²) in [4.78, 5) is 35.9. The number of rotatable bonds is 4. The highest BCUT2D eigenvalue weighted by Crippen LogP contribution is 2.10.